The number of carbonyl (C=O) groups excluding carboxylic acids is 1. The molecule has 2 rings (SSSR count). The molecule has 0 saturated carbocycles. The van der Waals surface area contributed by atoms with Gasteiger partial charge in [-0.05, 0) is 37.3 Å². The van der Waals surface area contributed by atoms with Crippen molar-refractivity contribution in [2.45, 2.75) is 6.92 Å². The molecule has 0 spiro atoms. The van der Waals surface area contributed by atoms with Crippen molar-refractivity contribution in [2.24, 2.45) is 5.10 Å². The van der Waals surface area contributed by atoms with Gasteiger partial charge in [0.15, 0.2) is 0 Å². The van der Waals surface area contributed by atoms with Crippen LogP contribution < -0.4 is 10.5 Å². The molecule has 6 heteroatoms. The highest BCUT2D eigenvalue weighted by Crippen LogP contribution is 2.20. The SMILES string of the molecule is Cc1ccc(/C=N\Nc2ccc(Cl)c(C(=O)[O-])c2)s1. The first-order valence-corrected chi connectivity index (χ1v) is 6.62. The summed E-state index contributed by atoms with van der Waals surface area (Å²) >= 11 is 7.36. The Morgan fingerprint density at radius 1 is 1.42 bits per heavy atom. The molecule has 0 radical (unpaired) electrons. The van der Waals surface area contributed by atoms with Crippen molar-refractivity contribution in [3.63, 3.8) is 0 Å². The molecule has 0 amide bonds. The van der Waals surface area contributed by atoms with Crippen LogP contribution >= 0.6 is 22.9 Å². The van der Waals surface area contributed by atoms with Crippen LogP contribution in [0.1, 0.15) is 20.1 Å². The van der Waals surface area contributed by atoms with Gasteiger partial charge in [-0.3, -0.25) is 5.43 Å². The lowest BCUT2D eigenvalue weighted by atomic mass is 10.2. The number of halogens is 1. The molecule has 0 bridgehead atoms. The van der Waals surface area contributed by atoms with Crippen molar-refractivity contribution in [1.82, 2.24) is 0 Å². The summed E-state index contributed by atoms with van der Waals surface area (Å²) in [5, 5.41) is 15.0. The van der Waals surface area contributed by atoms with Crippen LogP contribution in [0.25, 0.3) is 0 Å². The smallest absolute Gasteiger partial charge is 0.0731 e. The lowest BCUT2D eigenvalue weighted by Gasteiger charge is -2.07. The van der Waals surface area contributed by atoms with E-state index in [0.29, 0.717) is 5.69 Å². The van der Waals surface area contributed by atoms with Gasteiger partial charge in [-0.25, -0.2) is 0 Å². The number of hydrazone groups is 1. The first-order chi connectivity index (χ1) is 9.06. The summed E-state index contributed by atoms with van der Waals surface area (Å²) in [5.74, 6) is -1.31. The fourth-order valence-corrected chi connectivity index (χ4v) is 2.39. The molecule has 0 aliphatic carbocycles. The zero-order chi connectivity index (χ0) is 13.8. The van der Waals surface area contributed by atoms with Crippen LogP contribution in [-0.4, -0.2) is 12.2 Å². The van der Waals surface area contributed by atoms with Gasteiger partial charge in [0.1, 0.15) is 0 Å². The minimum Gasteiger partial charge on any atom is -0.545 e. The van der Waals surface area contributed by atoms with Crippen LogP contribution in [0.5, 0.6) is 0 Å². The number of carboxylic acids is 1. The molecule has 0 aliphatic rings. The van der Waals surface area contributed by atoms with E-state index in [4.69, 9.17) is 11.6 Å². The van der Waals surface area contributed by atoms with Gasteiger partial charge in [0.25, 0.3) is 0 Å². The second-order valence-electron chi connectivity index (χ2n) is 3.80. The van der Waals surface area contributed by atoms with Crippen LogP contribution in [0, 0.1) is 6.92 Å². The Labute approximate surface area is 119 Å². The predicted molar refractivity (Wildman–Crippen MR) is 76.1 cm³/mol. The van der Waals surface area contributed by atoms with Gasteiger partial charge in [-0.2, -0.15) is 5.10 Å². The second-order valence-corrected chi connectivity index (χ2v) is 5.53. The number of nitrogens with zero attached hydrogens (tertiary/aromatic N) is 1. The van der Waals surface area contributed by atoms with E-state index in [2.05, 4.69) is 10.5 Å². The number of hydrogen-bond donors (Lipinski definition) is 1. The van der Waals surface area contributed by atoms with Gasteiger partial charge in [-0.15, -0.1) is 11.3 Å². The molecule has 0 fully saturated rings. The third-order valence-corrected chi connectivity index (χ3v) is 3.60. The lowest BCUT2D eigenvalue weighted by Crippen LogP contribution is -2.22. The van der Waals surface area contributed by atoms with E-state index in [-0.39, 0.29) is 10.6 Å². The maximum atomic E-state index is 10.8. The fraction of sp³-hybridized carbons (Fsp3) is 0.0769. The quantitative estimate of drug-likeness (QED) is 0.696. The average Bonchev–Trinajstić information content (AvgIpc) is 2.77. The van der Waals surface area contributed by atoms with Gasteiger partial charge in [-0.1, -0.05) is 11.6 Å². The first kappa shape index (κ1) is 13.6. The zero-order valence-corrected chi connectivity index (χ0v) is 11.6. The first-order valence-electron chi connectivity index (χ1n) is 5.42. The van der Waals surface area contributed by atoms with Gasteiger partial charge in [0.2, 0.25) is 0 Å². The number of rotatable bonds is 4. The highest BCUT2D eigenvalue weighted by Gasteiger charge is 2.02. The predicted octanol–water partition coefficient (Wildman–Crippen LogP) is 2.52. The van der Waals surface area contributed by atoms with E-state index in [1.54, 1.807) is 23.6 Å². The number of benzene rings is 1. The van der Waals surface area contributed by atoms with Crippen molar-refractivity contribution >= 4 is 40.8 Å². The molecule has 2 aromatic rings. The molecule has 1 N–H and O–H groups in total. The van der Waals surface area contributed by atoms with Crippen molar-refractivity contribution in [2.75, 3.05) is 5.43 Å². The minimum absolute atomic E-state index is 0.0613. The Balaban J connectivity index is 2.09. The average molecular weight is 294 g/mol. The second kappa shape index (κ2) is 5.86. The van der Waals surface area contributed by atoms with Crippen molar-refractivity contribution in [3.8, 4) is 0 Å². The van der Waals surface area contributed by atoms with Crippen molar-refractivity contribution < 1.29 is 9.90 Å². The highest BCUT2D eigenvalue weighted by molar-refractivity contribution is 7.13. The summed E-state index contributed by atoms with van der Waals surface area (Å²) in [4.78, 5) is 13.0. The number of thiophene rings is 1. The summed E-state index contributed by atoms with van der Waals surface area (Å²) in [6.07, 6.45) is 1.67. The molecule has 98 valence electrons. The molecule has 1 heterocycles. The topological polar surface area (TPSA) is 64.5 Å². The van der Waals surface area contributed by atoms with E-state index in [0.717, 1.165) is 4.88 Å². The Morgan fingerprint density at radius 2 is 2.21 bits per heavy atom. The monoisotopic (exact) mass is 293 g/mol. The van der Waals surface area contributed by atoms with E-state index < -0.39 is 5.97 Å². The molecule has 1 aromatic heterocycles. The van der Waals surface area contributed by atoms with Gasteiger partial charge in [0, 0.05) is 20.3 Å². The van der Waals surface area contributed by atoms with Crippen LogP contribution in [0.2, 0.25) is 5.02 Å². The summed E-state index contributed by atoms with van der Waals surface area (Å²) in [6.45, 7) is 2.01. The molecule has 0 unspecified atom stereocenters. The molecular formula is C13H10ClN2O2S-. The Kier molecular flexibility index (Phi) is 4.19. The summed E-state index contributed by atoms with van der Waals surface area (Å²) in [7, 11) is 0. The van der Waals surface area contributed by atoms with Crippen molar-refractivity contribution in [1.29, 1.82) is 0 Å². The molecule has 0 atom stereocenters. The van der Waals surface area contributed by atoms with Crippen LogP contribution in [-0.2, 0) is 0 Å². The van der Waals surface area contributed by atoms with E-state index in [9.17, 15) is 9.90 Å². The largest absolute Gasteiger partial charge is 0.545 e. The third kappa shape index (κ3) is 3.56. The number of nitrogens with one attached hydrogen (secondary N) is 1. The van der Waals surface area contributed by atoms with Gasteiger partial charge in [0.05, 0.1) is 17.9 Å². The van der Waals surface area contributed by atoms with E-state index >= 15 is 0 Å². The van der Waals surface area contributed by atoms with Crippen LogP contribution in [0.15, 0.2) is 35.4 Å². The maximum absolute atomic E-state index is 10.8. The van der Waals surface area contributed by atoms with E-state index in [1.807, 2.05) is 19.1 Å². The summed E-state index contributed by atoms with van der Waals surface area (Å²) < 4.78 is 0. The van der Waals surface area contributed by atoms with Crippen molar-refractivity contribution in [3.05, 3.63) is 50.7 Å². The standard InChI is InChI=1S/C13H11ClN2O2S/c1-8-2-4-10(19-8)7-15-16-9-3-5-12(14)11(6-9)13(17)18/h2-7,16H,1H3,(H,17,18)/p-1/b15-7-. The number of aryl methyl sites for hydroxylation is 1. The van der Waals surface area contributed by atoms with Gasteiger partial charge < -0.3 is 9.90 Å². The Bertz CT molecular complexity index is 637. The third-order valence-electron chi connectivity index (χ3n) is 2.33. The Morgan fingerprint density at radius 3 is 2.84 bits per heavy atom. The molecule has 1 aromatic carbocycles. The zero-order valence-electron chi connectivity index (χ0n) is 10.0. The normalized spacial score (nSPS) is 10.8. The maximum Gasteiger partial charge on any atom is 0.0731 e. The van der Waals surface area contributed by atoms with E-state index in [1.165, 1.54) is 17.0 Å². The number of aromatic carboxylic acids is 1. The molecule has 19 heavy (non-hydrogen) atoms. The molecule has 0 saturated heterocycles. The number of hydrogen-bond acceptors (Lipinski definition) is 5. The number of carbonyl (C=O) groups is 1. The van der Waals surface area contributed by atoms with Crippen LogP contribution in [0.3, 0.4) is 0 Å². The summed E-state index contributed by atoms with van der Waals surface area (Å²) in [5.41, 5.74) is 3.23. The molecule has 0 aliphatic heterocycles. The number of anilines is 1. The number of carboxylic acid groups (broad SMARTS) is 1. The van der Waals surface area contributed by atoms with Crippen LogP contribution in [0.4, 0.5) is 5.69 Å². The molecule has 4 nitrogen and oxygen atoms in total. The molecular weight excluding hydrogens is 284 g/mol. The fourth-order valence-electron chi connectivity index (χ4n) is 1.44. The lowest BCUT2D eigenvalue weighted by molar-refractivity contribution is -0.255. The Hall–Kier alpha value is -1.85. The minimum atomic E-state index is -1.31. The summed E-state index contributed by atoms with van der Waals surface area (Å²) in [6, 6.07) is 8.47. The van der Waals surface area contributed by atoms with Gasteiger partial charge >= 0.3 is 0 Å². The highest BCUT2D eigenvalue weighted by atomic mass is 35.5.